The van der Waals surface area contributed by atoms with Crippen molar-refractivity contribution in [1.82, 2.24) is 0 Å². The van der Waals surface area contributed by atoms with E-state index in [9.17, 15) is 14.7 Å². The fourth-order valence-electron chi connectivity index (χ4n) is 4.25. The molecule has 0 spiro atoms. The number of carboxylic acid groups (broad SMARTS) is 1. The van der Waals surface area contributed by atoms with E-state index in [0.717, 1.165) is 41.6 Å². The summed E-state index contributed by atoms with van der Waals surface area (Å²) in [6, 6.07) is 15.4. The largest absolute Gasteiger partial charge is 0.481 e. The highest BCUT2D eigenvalue weighted by molar-refractivity contribution is 6.01. The van der Waals surface area contributed by atoms with E-state index in [4.69, 9.17) is 4.42 Å². The van der Waals surface area contributed by atoms with Gasteiger partial charge in [-0.1, -0.05) is 48.9 Å². The van der Waals surface area contributed by atoms with Crippen LogP contribution in [-0.2, 0) is 24.1 Å². The molecule has 0 saturated carbocycles. The van der Waals surface area contributed by atoms with Crippen LogP contribution in [0.15, 0.2) is 52.9 Å². The third-order valence-corrected chi connectivity index (χ3v) is 5.93. The molecule has 1 atom stereocenters. The topological polar surface area (TPSA) is 67.5 Å². The van der Waals surface area contributed by atoms with E-state index >= 15 is 0 Å². The van der Waals surface area contributed by atoms with Gasteiger partial charge in [-0.05, 0) is 43.7 Å². The zero-order chi connectivity index (χ0) is 20.2. The van der Waals surface area contributed by atoms with Crippen LogP contribution in [0.1, 0.15) is 59.3 Å². The van der Waals surface area contributed by atoms with Gasteiger partial charge in [-0.2, -0.15) is 0 Å². The van der Waals surface area contributed by atoms with Crippen LogP contribution in [0.25, 0.3) is 11.0 Å². The van der Waals surface area contributed by atoms with Gasteiger partial charge in [0.1, 0.15) is 11.3 Å². The maximum absolute atomic E-state index is 12.8. The lowest BCUT2D eigenvalue weighted by Crippen LogP contribution is -2.19. The number of carbonyl (C=O) groups excluding carboxylic acids is 1. The first-order valence-electron chi connectivity index (χ1n) is 10.5. The molecule has 1 aliphatic rings. The van der Waals surface area contributed by atoms with Crippen LogP contribution in [0.4, 0.5) is 0 Å². The number of carbonyl (C=O) groups is 2. The molecule has 1 unspecified atom stereocenters. The van der Waals surface area contributed by atoms with Crippen LogP contribution in [0, 0.1) is 5.92 Å². The number of hydrogen-bond acceptors (Lipinski definition) is 3. The van der Waals surface area contributed by atoms with Gasteiger partial charge in [0, 0.05) is 29.4 Å². The Morgan fingerprint density at radius 3 is 2.59 bits per heavy atom. The number of benzene rings is 2. The molecule has 0 aliphatic heterocycles. The Balaban J connectivity index is 1.48. The first-order chi connectivity index (χ1) is 14.1. The van der Waals surface area contributed by atoms with Crippen molar-refractivity contribution < 1.29 is 19.1 Å². The standard InChI is InChI=1S/C25H26O4/c26-22(15-19(25(27)28)12-11-17-7-3-1-4-8-17)18-13-14-21-20-9-5-2-6-10-23(20)29-24(21)16-18/h1,3-4,7-8,13-14,16,19H,2,5-6,9-12,15H2,(H,27,28). The van der Waals surface area contributed by atoms with E-state index in [2.05, 4.69) is 0 Å². The molecule has 4 heteroatoms. The quantitative estimate of drug-likeness (QED) is 0.421. The number of furan rings is 1. The summed E-state index contributed by atoms with van der Waals surface area (Å²) in [6.45, 7) is 0. The Morgan fingerprint density at radius 1 is 1.00 bits per heavy atom. The second kappa shape index (κ2) is 8.64. The molecule has 150 valence electrons. The Kier molecular flexibility index (Phi) is 5.79. The van der Waals surface area contributed by atoms with E-state index < -0.39 is 11.9 Å². The van der Waals surface area contributed by atoms with Crippen molar-refractivity contribution in [1.29, 1.82) is 0 Å². The molecule has 0 bridgehead atoms. The monoisotopic (exact) mass is 390 g/mol. The number of hydrogen-bond donors (Lipinski definition) is 1. The molecule has 3 aromatic rings. The van der Waals surface area contributed by atoms with Gasteiger partial charge in [0.15, 0.2) is 5.78 Å². The Hall–Kier alpha value is -2.88. The molecule has 1 heterocycles. The zero-order valence-electron chi connectivity index (χ0n) is 16.5. The van der Waals surface area contributed by atoms with Crippen molar-refractivity contribution >= 4 is 22.7 Å². The predicted octanol–water partition coefficient (Wildman–Crippen LogP) is 5.61. The van der Waals surface area contributed by atoms with Crippen LogP contribution in [0.5, 0.6) is 0 Å². The van der Waals surface area contributed by atoms with Gasteiger partial charge >= 0.3 is 5.97 Å². The van der Waals surface area contributed by atoms with Crippen LogP contribution >= 0.6 is 0 Å². The van der Waals surface area contributed by atoms with Gasteiger partial charge in [-0.15, -0.1) is 0 Å². The third kappa shape index (κ3) is 4.42. The highest BCUT2D eigenvalue weighted by atomic mass is 16.4. The molecular formula is C25H26O4. The van der Waals surface area contributed by atoms with Gasteiger partial charge < -0.3 is 9.52 Å². The van der Waals surface area contributed by atoms with Gasteiger partial charge in [0.05, 0.1) is 5.92 Å². The molecule has 2 aromatic carbocycles. The summed E-state index contributed by atoms with van der Waals surface area (Å²) < 4.78 is 6.05. The molecule has 0 saturated heterocycles. The summed E-state index contributed by atoms with van der Waals surface area (Å²) in [4.78, 5) is 24.5. The number of Topliss-reactive ketones (excluding diaryl/α,β-unsaturated/α-hetero) is 1. The van der Waals surface area contributed by atoms with Crippen LogP contribution in [0.2, 0.25) is 0 Å². The van der Waals surface area contributed by atoms with Crippen LogP contribution in [-0.4, -0.2) is 16.9 Å². The minimum Gasteiger partial charge on any atom is -0.481 e. The van der Waals surface area contributed by atoms with Crippen molar-refractivity contribution in [3.05, 3.63) is 71.0 Å². The summed E-state index contributed by atoms with van der Waals surface area (Å²) in [7, 11) is 0. The second-order valence-electron chi connectivity index (χ2n) is 7.96. The van der Waals surface area contributed by atoms with E-state index in [0.29, 0.717) is 18.4 Å². The van der Waals surface area contributed by atoms with Crippen molar-refractivity contribution in [3.8, 4) is 0 Å². The average Bonchev–Trinajstić information content (AvgIpc) is 2.91. The molecule has 0 amide bonds. The minimum atomic E-state index is -0.917. The lowest BCUT2D eigenvalue weighted by atomic mass is 9.92. The van der Waals surface area contributed by atoms with Gasteiger partial charge in [-0.3, -0.25) is 9.59 Å². The Bertz CT molecular complexity index is 1020. The van der Waals surface area contributed by atoms with Gasteiger partial charge in [0.2, 0.25) is 0 Å². The number of fused-ring (bicyclic) bond motifs is 3. The molecular weight excluding hydrogens is 364 g/mol. The van der Waals surface area contributed by atoms with Gasteiger partial charge in [0.25, 0.3) is 0 Å². The summed E-state index contributed by atoms with van der Waals surface area (Å²) in [5.41, 5.74) is 3.65. The maximum atomic E-state index is 12.8. The van der Waals surface area contributed by atoms with E-state index in [1.165, 1.54) is 18.4 Å². The Morgan fingerprint density at radius 2 is 1.79 bits per heavy atom. The first kappa shape index (κ1) is 19.4. The van der Waals surface area contributed by atoms with E-state index in [-0.39, 0.29) is 12.2 Å². The Labute approximate surface area is 170 Å². The highest BCUT2D eigenvalue weighted by Crippen LogP contribution is 2.32. The summed E-state index contributed by atoms with van der Waals surface area (Å²) >= 11 is 0. The maximum Gasteiger partial charge on any atom is 0.306 e. The summed E-state index contributed by atoms with van der Waals surface area (Å²) in [6.07, 6.45) is 6.61. The van der Waals surface area contributed by atoms with E-state index in [1.54, 1.807) is 6.07 Å². The molecule has 4 rings (SSSR count). The molecule has 0 fully saturated rings. The van der Waals surface area contributed by atoms with E-state index in [1.807, 2.05) is 42.5 Å². The van der Waals surface area contributed by atoms with Crippen molar-refractivity contribution in [2.45, 2.75) is 51.4 Å². The van der Waals surface area contributed by atoms with Crippen LogP contribution in [0.3, 0.4) is 0 Å². The fourth-order valence-corrected chi connectivity index (χ4v) is 4.25. The molecule has 1 aromatic heterocycles. The summed E-state index contributed by atoms with van der Waals surface area (Å²) in [5, 5.41) is 10.7. The smallest absolute Gasteiger partial charge is 0.306 e. The summed E-state index contributed by atoms with van der Waals surface area (Å²) in [5.74, 6) is -0.695. The average molecular weight is 390 g/mol. The fraction of sp³-hybridized carbons (Fsp3) is 0.360. The van der Waals surface area contributed by atoms with Crippen molar-refractivity contribution in [2.24, 2.45) is 5.92 Å². The number of aryl methyl sites for hydroxylation is 3. The number of rotatable bonds is 7. The molecule has 1 aliphatic carbocycles. The third-order valence-electron chi connectivity index (χ3n) is 5.93. The lowest BCUT2D eigenvalue weighted by Gasteiger charge is -2.12. The van der Waals surface area contributed by atoms with Crippen LogP contribution < -0.4 is 0 Å². The minimum absolute atomic E-state index is 0.00803. The second-order valence-corrected chi connectivity index (χ2v) is 7.96. The first-order valence-corrected chi connectivity index (χ1v) is 10.5. The highest BCUT2D eigenvalue weighted by Gasteiger charge is 2.23. The molecule has 0 radical (unpaired) electrons. The normalized spacial score (nSPS) is 14.9. The lowest BCUT2D eigenvalue weighted by molar-refractivity contribution is -0.141. The number of aliphatic carboxylic acids is 1. The van der Waals surface area contributed by atoms with Gasteiger partial charge in [-0.25, -0.2) is 0 Å². The predicted molar refractivity (Wildman–Crippen MR) is 112 cm³/mol. The number of ketones is 1. The molecule has 4 nitrogen and oxygen atoms in total. The van der Waals surface area contributed by atoms with Crippen molar-refractivity contribution in [2.75, 3.05) is 0 Å². The number of carboxylic acids is 1. The SMILES string of the molecule is O=C(CC(CCc1ccccc1)C(=O)O)c1ccc2c3c(oc2c1)CCCCC3. The molecule has 29 heavy (non-hydrogen) atoms. The van der Waals surface area contributed by atoms with Crippen molar-refractivity contribution in [3.63, 3.8) is 0 Å². The molecule has 1 N–H and O–H groups in total. The zero-order valence-corrected chi connectivity index (χ0v) is 16.5.